The molecule has 1 rings (SSSR count). The van der Waals surface area contributed by atoms with Crippen LogP contribution in [-0.4, -0.2) is 5.11 Å². The van der Waals surface area contributed by atoms with Crippen LogP contribution in [0, 0.1) is 19.8 Å². The van der Waals surface area contributed by atoms with Crippen LogP contribution in [0.15, 0.2) is 18.2 Å². The van der Waals surface area contributed by atoms with E-state index in [1.807, 2.05) is 20.8 Å². The SMILES string of the molecule is Cc1cc(C)cc(C(C)(O)C(C)C)c1. The Kier molecular flexibility index (Phi) is 3.01. The smallest absolute Gasteiger partial charge is 0.0891 e. The molecular formula is C13H20O. The molecule has 0 saturated carbocycles. The third-order valence-corrected chi connectivity index (χ3v) is 2.93. The van der Waals surface area contributed by atoms with Crippen molar-refractivity contribution < 1.29 is 5.11 Å². The van der Waals surface area contributed by atoms with Gasteiger partial charge in [0.1, 0.15) is 0 Å². The van der Waals surface area contributed by atoms with Crippen molar-refractivity contribution in [1.29, 1.82) is 0 Å². The van der Waals surface area contributed by atoms with Crippen molar-refractivity contribution in [2.24, 2.45) is 5.92 Å². The van der Waals surface area contributed by atoms with Crippen molar-refractivity contribution in [2.45, 2.75) is 40.2 Å². The first kappa shape index (κ1) is 11.3. The highest BCUT2D eigenvalue weighted by molar-refractivity contribution is 5.32. The summed E-state index contributed by atoms with van der Waals surface area (Å²) in [6.07, 6.45) is 0. The second-order valence-corrected chi connectivity index (χ2v) is 4.68. The topological polar surface area (TPSA) is 20.2 Å². The fraction of sp³-hybridized carbons (Fsp3) is 0.538. The molecule has 0 aliphatic heterocycles. The molecule has 1 unspecified atom stereocenters. The molecular weight excluding hydrogens is 172 g/mol. The van der Waals surface area contributed by atoms with Gasteiger partial charge in [-0.25, -0.2) is 0 Å². The summed E-state index contributed by atoms with van der Waals surface area (Å²) in [5, 5.41) is 10.3. The molecule has 1 aromatic carbocycles. The standard InChI is InChI=1S/C13H20O/c1-9(2)13(5,14)12-7-10(3)6-11(4)8-12/h6-9,14H,1-5H3. The molecule has 0 aliphatic rings. The highest BCUT2D eigenvalue weighted by atomic mass is 16.3. The molecule has 78 valence electrons. The molecule has 0 radical (unpaired) electrons. The van der Waals surface area contributed by atoms with Crippen molar-refractivity contribution in [2.75, 3.05) is 0 Å². The zero-order valence-electron chi connectivity index (χ0n) is 9.76. The maximum atomic E-state index is 10.3. The molecule has 1 atom stereocenters. The third kappa shape index (κ3) is 2.16. The Balaban J connectivity index is 3.18. The van der Waals surface area contributed by atoms with Gasteiger partial charge in [-0.1, -0.05) is 43.2 Å². The first-order valence-corrected chi connectivity index (χ1v) is 5.15. The van der Waals surface area contributed by atoms with E-state index in [-0.39, 0.29) is 5.92 Å². The Morgan fingerprint density at radius 2 is 1.50 bits per heavy atom. The molecule has 0 heterocycles. The van der Waals surface area contributed by atoms with Gasteiger partial charge in [0.25, 0.3) is 0 Å². The molecule has 1 aromatic rings. The van der Waals surface area contributed by atoms with Crippen molar-refractivity contribution in [3.8, 4) is 0 Å². The van der Waals surface area contributed by atoms with Gasteiger partial charge in [0.15, 0.2) is 0 Å². The van der Waals surface area contributed by atoms with Crippen LogP contribution in [0.1, 0.15) is 37.5 Å². The van der Waals surface area contributed by atoms with E-state index in [0.717, 1.165) is 5.56 Å². The zero-order chi connectivity index (χ0) is 10.9. The zero-order valence-corrected chi connectivity index (χ0v) is 9.76. The van der Waals surface area contributed by atoms with Crippen LogP contribution in [0.2, 0.25) is 0 Å². The lowest BCUT2D eigenvalue weighted by Crippen LogP contribution is -2.28. The Morgan fingerprint density at radius 1 is 1.07 bits per heavy atom. The fourth-order valence-corrected chi connectivity index (χ4v) is 1.60. The summed E-state index contributed by atoms with van der Waals surface area (Å²) in [7, 11) is 0. The van der Waals surface area contributed by atoms with Gasteiger partial charge >= 0.3 is 0 Å². The Morgan fingerprint density at radius 3 is 1.86 bits per heavy atom. The van der Waals surface area contributed by atoms with Gasteiger partial charge in [0, 0.05) is 0 Å². The van der Waals surface area contributed by atoms with Gasteiger partial charge in [-0.15, -0.1) is 0 Å². The predicted molar refractivity (Wildman–Crippen MR) is 60.3 cm³/mol. The largest absolute Gasteiger partial charge is 0.385 e. The summed E-state index contributed by atoms with van der Waals surface area (Å²) < 4.78 is 0. The number of aryl methyl sites for hydroxylation is 2. The van der Waals surface area contributed by atoms with E-state index in [2.05, 4.69) is 32.0 Å². The van der Waals surface area contributed by atoms with Crippen LogP contribution in [0.5, 0.6) is 0 Å². The summed E-state index contributed by atoms with van der Waals surface area (Å²) in [5.41, 5.74) is 2.71. The van der Waals surface area contributed by atoms with Crippen LogP contribution in [0.4, 0.5) is 0 Å². The molecule has 0 aromatic heterocycles. The lowest BCUT2D eigenvalue weighted by Gasteiger charge is -2.29. The van der Waals surface area contributed by atoms with Gasteiger partial charge in [-0.3, -0.25) is 0 Å². The molecule has 1 N–H and O–H groups in total. The van der Waals surface area contributed by atoms with E-state index in [4.69, 9.17) is 0 Å². The minimum atomic E-state index is -0.725. The second-order valence-electron chi connectivity index (χ2n) is 4.68. The summed E-state index contributed by atoms with van der Waals surface area (Å²) in [6.45, 7) is 10.1. The third-order valence-electron chi connectivity index (χ3n) is 2.93. The van der Waals surface area contributed by atoms with Crippen LogP contribution in [0.25, 0.3) is 0 Å². The number of aliphatic hydroxyl groups is 1. The highest BCUT2D eigenvalue weighted by Gasteiger charge is 2.27. The summed E-state index contributed by atoms with van der Waals surface area (Å²) >= 11 is 0. The van der Waals surface area contributed by atoms with Crippen LogP contribution in [0.3, 0.4) is 0 Å². The van der Waals surface area contributed by atoms with Gasteiger partial charge in [-0.2, -0.15) is 0 Å². The minimum Gasteiger partial charge on any atom is -0.385 e. The quantitative estimate of drug-likeness (QED) is 0.763. The maximum Gasteiger partial charge on any atom is 0.0891 e. The maximum absolute atomic E-state index is 10.3. The molecule has 0 aliphatic carbocycles. The lowest BCUT2D eigenvalue weighted by molar-refractivity contribution is 0.00895. The minimum absolute atomic E-state index is 0.226. The van der Waals surface area contributed by atoms with Gasteiger partial charge in [-0.05, 0) is 32.3 Å². The Labute approximate surface area is 86.8 Å². The lowest BCUT2D eigenvalue weighted by atomic mass is 9.84. The first-order chi connectivity index (χ1) is 6.34. The van der Waals surface area contributed by atoms with Crippen molar-refractivity contribution >= 4 is 0 Å². The van der Waals surface area contributed by atoms with Crippen molar-refractivity contribution in [1.82, 2.24) is 0 Å². The van der Waals surface area contributed by atoms with Crippen molar-refractivity contribution in [3.05, 3.63) is 34.9 Å². The van der Waals surface area contributed by atoms with Crippen LogP contribution < -0.4 is 0 Å². The number of hydrogen-bond acceptors (Lipinski definition) is 1. The summed E-state index contributed by atoms with van der Waals surface area (Å²) in [6, 6.07) is 6.25. The number of benzene rings is 1. The van der Waals surface area contributed by atoms with Crippen molar-refractivity contribution in [3.63, 3.8) is 0 Å². The molecule has 14 heavy (non-hydrogen) atoms. The second kappa shape index (κ2) is 3.74. The first-order valence-electron chi connectivity index (χ1n) is 5.15. The van der Waals surface area contributed by atoms with E-state index < -0.39 is 5.60 Å². The average molecular weight is 192 g/mol. The number of rotatable bonds is 2. The van der Waals surface area contributed by atoms with E-state index in [0.29, 0.717) is 0 Å². The van der Waals surface area contributed by atoms with E-state index in [1.165, 1.54) is 11.1 Å². The van der Waals surface area contributed by atoms with Gasteiger partial charge in [0.2, 0.25) is 0 Å². The van der Waals surface area contributed by atoms with Gasteiger partial charge in [0.05, 0.1) is 5.60 Å². The van der Waals surface area contributed by atoms with Crippen LogP contribution in [-0.2, 0) is 5.60 Å². The highest BCUT2D eigenvalue weighted by Crippen LogP contribution is 2.29. The molecule has 0 bridgehead atoms. The van der Waals surface area contributed by atoms with Gasteiger partial charge < -0.3 is 5.11 Å². The Bertz CT molecular complexity index is 304. The molecule has 0 fully saturated rings. The molecule has 0 spiro atoms. The number of hydrogen-bond donors (Lipinski definition) is 1. The molecule has 0 amide bonds. The molecule has 1 heteroatoms. The average Bonchev–Trinajstić information content (AvgIpc) is 2.01. The molecule has 1 nitrogen and oxygen atoms in total. The monoisotopic (exact) mass is 192 g/mol. The Hall–Kier alpha value is -0.820. The predicted octanol–water partition coefficient (Wildman–Crippen LogP) is 3.17. The normalized spacial score (nSPS) is 15.6. The van der Waals surface area contributed by atoms with E-state index >= 15 is 0 Å². The van der Waals surface area contributed by atoms with E-state index in [9.17, 15) is 5.11 Å². The summed E-state index contributed by atoms with van der Waals surface area (Å²) in [5.74, 6) is 0.226. The molecule has 0 saturated heterocycles. The summed E-state index contributed by atoms with van der Waals surface area (Å²) in [4.78, 5) is 0. The van der Waals surface area contributed by atoms with E-state index in [1.54, 1.807) is 0 Å². The fourth-order valence-electron chi connectivity index (χ4n) is 1.60. The van der Waals surface area contributed by atoms with Crippen LogP contribution >= 0.6 is 0 Å².